The van der Waals surface area contributed by atoms with Crippen LogP contribution >= 0.6 is 0 Å². The van der Waals surface area contributed by atoms with Crippen LogP contribution in [0.5, 0.6) is 34.5 Å². The highest BCUT2D eigenvalue weighted by atomic mass is 16.5. The molecule has 0 fully saturated rings. The summed E-state index contributed by atoms with van der Waals surface area (Å²) in [6.45, 7) is 3.89. The van der Waals surface area contributed by atoms with Gasteiger partial charge in [0.1, 0.15) is 23.0 Å². The minimum atomic E-state index is 0.184. The second-order valence-corrected chi connectivity index (χ2v) is 5.55. The van der Waals surface area contributed by atoms with Gasteiger partial charge in [-0.3, -0.25) is 0 Å². The molecule has 0 saturated carbocycles. The highest BCUT2D eigenvalue weighted by Gasteiger charge is 2.14. The Morgan fingerprint density at radius 2 is 0.875 bits per heavy atom. The molecular weight excluding hydrogens is 304 g/mol. The second-order valence-electron chi connectivity index (χ2n) is 5.55. The van der Waals surface area contributed by atoms with Gasteiger partial charge in [-0.2, -0.15) is 0 Å². The van der Waals surface area contributed by atoms with Gasteiger partial charge in [-0.15, -0.1) is 0 Å². The zero-order valence-electron chi connectivity index (χ0n) is 13.5. The van der Waals surface area contributed by atoms with E-state index in [0.717, 1.165) is 11.1 Å². The summed E-state index contributed by atoms with van der Waals surface area (Å²) >= 11 is 0. The van der Waals surface area contributed by atoms with Crippen molar-refractivity contribution >= 4 is 0 Å². The molecule has 0 unspecified atom stereocenters. The molecule has 3 aromatic carbocycles. The number of ether oxygens (including phenoxy) is 2. The second kappa shape index (κ2) is 6.54. The highest BCUT2D eigenvalue weighted by molar-refractivity contribution is 5.54. The van der Waals surface area contributed by atoms with Gasteiger partial charge in [-0.1, -0.05) is 12.1 Å². The number of benzene rings is 3. The fourth-order valence-electron chi connectivity index (χ4n) is 2.28. The largest absolute Gasteiger partial charge is 0.508 e. The average Bonchev–Trinajstić information content (AvgIpc) is 2.58. The quantitative estimate of drug-likeness (QED) is 0.684. The molecule has 0 amide bonds. The van der Waals surface area contributed by atoms with Gasteiger partial charge in [0.15, 0.2) is 11.5 Å². The van der Waals surface area contributed by atoms with Crippen LogP contribution in [0.3, 0.4) is 0 Å². The zero-order chi connectivity index (χ0) is 17.1. The molecule has 0 heterocycles. The van der Waals surface area contributed by atoms with Crippen molar-refractivity contribution in [2.75, 3.05) is 0 Å². The van der Waals surface area contributed by atoms with Crippen LogP contribution in [0.1, 0.15) is 11.1 Å². The summed E-state index contributed by atoms with van der Waals surface area (Å²) in [5.74, 6) is 2.82. The lowest BCUT2D eigenvalue weighted by Gasteiger charge is -2.17. The maximum atomic E-state index is 9.39. The SMILES string of the molecule is Cc1ccc(C)c(Oc2ccc(O)cc2)c1Oc1ccc(O)cc1. The smallest absolute Gasteiger partial charge is 0.173 e. The van der Waals surface area contributed by atoms with Crippen LogP contribution in [-0.4, -0.2) is 10.2 Å². The fourth-order valence-corrected chi connectivity index (χ4v) is 2.28. The Labute approximate surface area is 140 Å². The van der Waals surface area contributed by atoms with E-state index in [0.29, 0.717) is 23.0 Å². The lowest BCUT2D eigenvalue weighted by Crippen LogP contribution is -1.95. The monoisotopic (exact) mass is 322 g/mol. The van der Waals surface area contributed by atoms with Gasteiger partial charge < -0.3 is 19.7 Å². The molecule has 0 aliphatic rings. The fraction of sp³-hybridized carbons (Fsp3) is 0.100. The Kier molecular flexibility index (Phi) is 4.29. The number of rotatable bonds is 4. The van der Waals surface area contributed by atoms with E-state index < -0.39 is 0 Å². The number of phenolic OH excluding ortho intramolecular Hbond substituents is 2. The average molecular weight is 322 g/mol. The summed E-state index contributed by atoms with van der Waals surface area (Å²) in [4.78, 5) is 0. The molecule has 2 N–H and O–H groups in total. The van der Waals surface area contributed by atoms with Crippen molar-refractivity contribution in [3.63, 3.8) is 0 Å². The molecule has 0 aromatic heterocycles. The van der Waals surface area contributed by atoms with Gasteiger partial charge in [0.2, 0.25) is 0 Å². The van der Waals surface area contributed by atoms with Gasteiger partial charge in [-0.05, 0) is 73.5 Å². The predicted molar refractivity (Wildman–Crippen MR) is 92.3 cm³/mol. The standard InChI is InChI=1S/C20H18O4/c1-13-3-4-14(2)20(24-18-11-7-16(22)8-12-18)19(13)23-17-9-5-15(21)6-10-17/h3-12,21-22H,1-2H3. The van der Waals surface area contributed by atoms with Crippen LogP contribution in [-0.2, 0) is 0 Å². The third kappa shape index (κ3) is 3.43. The van der Waals surface area contributed by atoms with Crippen molar-refractivity contribution in [3.05, 3.63) is 71.8 Å². The molecular formula is C20H18O4. The summed E-state index contributed by atoms with van der Waals surface area (Å²) in [5, 5.41) is 18.8. The van der Waals surface area contributed by atoms with E-state index in [9.17, 15) is 10.2 Å². The van der Waals surface area contributed by atoms with E-state index >= 15 is 0 Å². The Morgan fingerprint density at radius 3 is 1.21 bits per heavy atom. The highest BCUT2D eigenvalue weighted by Crippen LogP contribution is 2.40. The first-order valence-electron chi connectivity index (χ1n) is 7.57. The molecule has 0 atom stereocenters. The molecule has 3 rings (SSSR count). The van der Waals surface area contributed by atoms with Crippen molar-refractivity contribution in [2.24, 2.45) is 0 Å². The van der Waals surface area contributed by atoms with Crippen LogP contribution in [0.4, 0.5) is 0 Å². The Morgan fingerprint density at radius 1 is 0.542 bits per heavy atom. The van der Waals surface area contributed by atoms with Gasteiger partial charge in [-0.25, -0.2) is 0 Å². The van der Waals surface area contributed by atoms with E-state index in [-0.39, 0.29) is 11.5 Å². The number of aryl methyl sites for hydroxylation is 2. The van der Waals surface area contributed by atoms with E-state index in [1.165, 1.54) is 0 Å². The Bertz CT molecular complexity index is 764. The summed E-state index contributed by atoms with van der Waals surface area (Å²) in [6, 6.07) is 17.0. The lowest BCUT2D eigenvalue weighted by atomic mass is 10.1. The van der Waals surface area contributed by atoms with Gasteiger partial charge >= 0.3 is 0 Å². The van der Waals surface area contributed by atoms with E-state index in [2.05, 4.69) is 0 Å². The normalized spacial score (nSPS) is 10.4. The first kappa shape index (κ1) is 15.7. The molecule has 3 aromatic rings. The predicted octanol–water partition coefficient (Wildman–Crippen LogP) is 5.30. The molecule has 122 valence electrons. The topological polar surface area (TPSA) is 58.9 Å². The van der Waals surface area contributed by atoms with E-state index in [1.54, 1.807) is 48.5 Å². The van der Waals surface area contributed by atoms with Crippen molar-refractivity contribution in [2.45, 2.75) is 13.8 Å². The number of phenols is 2. The van der Waals surface area contributed by atoms with Crippen LogP contribution in [0, 0.1) is 13.8 Å². The summed E-state index contributed by atoms with van der Waals surface area (Å²) in [6.07, 6.45) is 0. The maximum Gasteiger partial charge on any atom is 0.173 e. The van der Waals surface area contributed by atoms with Crippen molar-refractivity contribution < 1.29 is 19.7 Å². The first-order valence-corrected chi connectivity index (χ1v) is 7.57. The molecule has 24 heavy (non-hydrogen) atoms. The van der Waals surface area contributed by atoms with Crippen molar-refractivity contribution in [1.82, 2.24) is 0 Å². The Hall–Kier alpha value is -3.14. The first-order chi connectivity index (χ1) is 11.5. The van der Waals surface area contributed by atoms with Crippen molar-refractivity contribution in [3.8, 4) is 34.5 Å². The molecule has 0 aliphatic heterocycles. The van der Waals surface area contributed by atoms with Crippen LogP contribution in [0.15, 0.2) is 60.7 Å². The number of hydrogen-bond acceptors (Lipinski definition) is 4. The molecule has 0 spiro atoms. The van der Waals surface area contributed by atoms with Crippen LogP contribution in [0.25, 0.3) is 0 Å². The maximum absolute atomic E-state index is 9.39. The number of hydrogen-bond donors (Lipinski definition) is 2. The van der Waals surface area contributed by atoms with Crippen LogP contribution in [0.2, 0.25) is 0 Å². The molecule has 0 aliphatic carbocycles. The van der Waals surface area contributed by atoms with Crippen molar-refractivity contribution in [1.29, 1.82) is 0 Å². The minimum Gasteiger partial charge on any atom is -0.508 e. The summed E-state index contributed by atoms with van der Waals surface area (Å²) in [7, 11) is 0. The molecule has 0 radical (unpaired) electrons. The molecule has 4 heteroatoms. The van der Waals surface area contributed by atoms with E-state index in [1.807, 2.05) is 26.0 Å². The van der Waals surface area contributed by atoms with Crippen LogP contribution < -0.4 is 9.47 Å². The third-order valence-electron chi connectivity index (χ3n) is 3.62. The molecule has 4 nitrogen and oxygen atoms in total. The zero-order valence-corrected chi connectivity index (χ0v) is 13.5. The Balaban J connectivity index is 1.97. The van der Waals surface area contributed by atoms with E-state index in [4.69, 9.17) is 9.47 Å². The minimum absolute atomic E-state index is 0.184. The van der Waals surface area contributed by atoms with Gasteiger partial charge in [0, 0.05) is 0 Å². The summed E-state index contributed by atoms with van der Waals surface area (Å²) < 4.78 is 12.0. The third-order valence-corrected chi connectivity index (χ3v) is 3.62. The number of aromatic hydroxyl groups is 2. The van der Waals surface area contributed by atoms with Gasteiger partial charge in [0.25, 0.3) is 0 Å². The lowest BCUT2D eigenvalue weighted by molar-refractivity contribution is 0.411. The van der Waals surface area contributed by atoms with Gasteiger partial charge in [0.05, 0.1) is 0 Å². The summed E-state index contributed by atoms with van der Waals surface area (Å²) in [5.41, 5.74) is 1.87. The molecule has 0 bridgehead atoms. The molecule has 0 saturated heterocycles.